The minimum absolute atomic E-state index is 0. The molecule has 12 heavy (non-hydrogen) atoms. The van der Waals surface area contributed by atoms with Gasteiger partial charge in [0.2, 0.25) is 0 Å². The Morgan fingerprint density at radius 2 is 1.58 bits per heavy atom. The number of carboxylic acids is 1. The van der Waals surface area contributed by atoms with Crippen molar-refractivity contribution in [1.82, 2.24) is 0 Å². The van der Waals surface area contributed by atoms with E-state index in [1.807, 2.05) is 18.2 Å². The zero-order valence-corrected chi connectivity index (χ0v) is 7.70. The average molecular weight is 158 g/mol. The average Bonchev–Trinajstić information content (AvgIpc) is 1.87. The van der Waals surface area contributed by atoms with Gasteiger partial charge in [-0.2, -0.15) is 0 Å². The Bertz CT molecular complexity index is 205. The van der Waals surface area contributed by atoms with Crippen molar-refractivity contribution >= 4 is 5.97 Å². The second-order valence-electron chi connectivity index (χ2n) is 2.15. The first-order valence-corrected chi connectivity index (χ1v) is 3.32. The van der Waals surface area contributed by atoms with Crippen molar-refractivity contribution in [2.24, 2.45) is 0 Å². The van der Waals surface area contributed by atoms with Gasteiger partial charge >= 0.3 is 18.9 Å². The first-order valence-electron chi connectivity index (χ1n) is 3.32. The van der Waals surface area contributed by atoms with E-state index in [1.165, 1.54) is 5.56 Å². The molecule has 0 aromatic heterocycles. The fourth-order valence-electron chi connectivity index (χ4n) is 0.534. The van der Waals surface area contributed by atoms with E-state index in [9.17, 15) is 0 Å². The minimum atomic E-state index is -1.08. The van der Waals surface area contributed by atoms with Crippen LogP contribution in [0.5, 0.6) is 0 Å². The molecule has 1 aromatic carbocycles. The first-order chi connectivity index (χ1) is 5.13. The molecule has 0 radical (unpaired) electrons. The summed E-state index contributed by atoms with van der Waals surface area (Å²) in [5, 5.41) is 8.89. The van der Waals surface area contributed by atoms with Crippen molar-refractivity contribution in [2.75, 3.05) is 0 Å². The molecule has 0 atom stereocenters. The molecule has 0 N–H and O–H groups in total. The Hall–Kier alpha value is -0.713. The first kappa shape index (κ1) is 13.8. The van der Waals surface area contributed by atoms with Crippen LogP contribution in [-0.2, 0) is 4.79 Å². The van der Waals surface area contributed by atoms with Gasteiger partial charge in [-0.3, -0.25) is 0 Å². The third kappa shape index (κ3) is 12.0. The fourth-order valence-corrected chi connectivity index (χ4v) is 0.534. The van der Waals surface area contributed by atoms with Gasteiger partial charge in [0.15, 0.2) is 0 Å². The Morgan fingerprint density at radius 3 is 1.75 bits per heavy atom. The Morgan fingerprint density at radius 1 is 1.25 bits per heavy atom. The van der Waals surface area contributed by atoms with Crippen LogP contribution in [0.4, 0.5) is 0 Å². The Labute approximate surface area is 84.8 Å². The van der Waals surface area contributed by atoms with Crippen LogP contribution in [0.15, 0.2) is 30.3 Å². The van der Waals surface area contributed by atoms with Crippen molar-refractivity contribution < 1.29 is 28.8 Å². The Kier molecular flexibility index (Phi) is 9.68. The van der Waals surface area contributed by atoms with Gasteiger partial charge in [-0.25, -0.2) is 0 Å². The predicted molar refractivity (Wildman–Crippen MR) is 41.9 cm³/mol. The number of rotatable bonds is 0. The van der Waals surface area contributed by atoms with E-state index >= 15 is 0 Å². The molecular weight excluding hydrogens is 147 g/mol. The number of carboxylic acid groups (broad SMARTS) is 1. The van der Waals surface area contributed by atoms with Gasteiger partial charge < -0.3 is 9.90 Å². The van der Waals surface area contributed by atoms with Crippen LogP contribution < -0.4 is 24.0 Å². The van der Waals surface area contributed by atoms with Gasteiger partial charge in [0, 0.05) is 5.97 Å². The summed E-state index contributed by atoms with van der Waals surface area (Å²) in [5.74, 6) is -1.08. The van der Waals surface area contributed by atoms with E-state index in [-0.39, 0.29) is 18.9 Å². The summed E-state index contributed by atoms with van der Waals surface area (Å²) in [4.78, 5) is 8.89. The molecule has 0 aliphatic rings. The number of carbonyl (C=O) groups is 1. The van der Waals surface area contributed by atoms with Crippen molar-refractivity contribution in [3.05, 3.63) is 35.9 Å². The van der Waals surface area contributed by atoms with Crippen molar-refractivity contribution in [2.45, 2.75) is 13.8 Å². The number of hydrogen-bond donors (Lipinski definition) is 0. The zero-order valence-electron chi connectivity index (χ0n) is 7.70. The van der Waals surface area contributed by atoms with E-state index in [0.717, 1.165) is 6.92 Å². The quantitative estimate of drug-likeness (QED) is 0.400. The van der Waals surface area contributed by atoms with Crippen LogP contribution in [0, 0.1) is 6.92 Å². The molecule has 0 unspecified atom stereocenters. The van der Waals surface area contributed by atoms with Crippen molar-refractivity contribution in [1.29, 1.82) is 0 Å². The van der Waals surface area contributed by atoms with Crippen LogP contribution in [0.1, 0.15) is 12.5 Å². The summed E-state index contributed by atoms with van der Waals surface area (Å²) in [7, 11) is 0. The van der Waals surface area contributed by atoms with Crippen LogP contribution in [-0.4, -0.2) is 5.97 Å². The van der Waals surface area contributed by atoms with Crippen LogP contribution in [0.3, 0.4) is 0 Å². The van der Waals surface area contributed by atoms with E-state index in [4.69, 9.17) is 9.90 Å². The van der Waals surface area contributed by atoms with Crippen LogP contribution >= 0.6 is 0 Å². The topological polar surface area (TPSA) is 40.1 Å². The summed E-state index contributed by atoms with van der Waals surface area (Å²) in [6, 6.07) is 10.3. The Balaban J connectivity index is 0. The van der Waals surface area contributed by atoms with E-state index in [1.54, 1.807) is 0 Å². The van der Waals surface area contributed by atoms with Gasteiger partial charge in [-0.15, -0.1) is 0 Å². The molecular formula is C9H11LiO2. The van der Waals surface area contributed by atoms with Crippen LogP contribution in [0.25, 0.3) is 0 Å². The normalized spacial score (nSPS) is 7.17. The standard InChI is InChI=1S/C7H8.C2H4O2.Li/c1-7-5-3-2-4-6-7;1-2(3)4;/h2-6H,1H3;1H3,(H,3,4);/q;;+1/p-1. The number of aryl methyl sites for hydroxylation is 1. The molecule has 0 bridgehead atoms. The minimum Gasteiger partial charge on any atom is -0.550 e. The molecule has 60 valence electrons. The summed E-state index contributed by atoms with van der Waals surface area (Å²) >= 11 is 0. The predicted octanol–water partition coefficient (Wildman–Crippen LogP) is -2.24. The number of aliphatic carboxylic acids is 1. The molecule has 0 amide bonds. The van der Waals surface area contributed by atoms with Crippen LogP contribution in [0.2, 0.25) is 0 Å². The van der Waals surface area contributed by atoms with Crippen molar-refractivity contribution in [3.63, 3.8) is 0 Å². The molecule has 1 rings (SSSR count). The molecule has 3 heteroatoms. The van der Waals surface area contributed by atoms with Gasteiger partial charge in [-0.1, -0.05) is 35.9 Å². The molecule has 2 nitrogen and oxygen atoms in total. The van der Waals surface area contributed by atoms with E-state index < -0.39 is 5.97 Å². The summed E-state index contributed by atoms with van der Waals surface area (Å²) in [5.41, 5.74) is 1.32. The smallest absolute Gasteiger partial charge is 0.550 e. The maximum Gasteiger partial charge on any atom is 1.00 e. The molecule has 0 saturated carbocycles. The monoisotopic (exact) mass is 158 g/mol. The number of benzene rings is 1. The number of hydrogen-bond acceptors (Lipinski definition) is 2. The molecule has 0 heterocycles. The third-order valence-corrected chi connectivity index (χ3v) is 0.940. The zero-order chi connectivity index (χ0) is 8.69. The maximum atomic E-state index is 8.89. The summed E-state index contributed by atoms with van der Waals surface area (Å²) < 4.78 is 0. The van der Waals surface area contributed by atoms with Gasteiger partial charge in [0.05, 0.1) is 0 Å². The molecule has 0 spiro atoms. The third-order valence-electron chi connectivity index (χ3n) is 0.940. The molecule has 0 saturated heterocycles. The molecule has 0 fully saturated rings. The largest absolute Gasteiger partial charge is 1.00 e. The summed E-state index contributed by atoms with van der Waals surface area (Å²) in [6.45, 7) is 3.06. The SMILES string of the molecule is CC(=O)[O-].Cc1ccccc1.[Li+]. The second kappa shape index (κ2) is 8.38. The number of carbonyl (C=O) groups excluding carboxylic acids is 1. The fraction of sp³-hybridized carbons (Fsp3) is 0.222. The van der Waals surface area contributed by atoms with E-state index in [0.29, 0.717) is 0 Å². The second-order valence-corrected chi connectivity index (χ2v) is 2.15. The molecule has 0 aliphatic heterocycles. The molecule has 0 aliphatic carbocycles. The van der Waals surface area contributed by atoms with Crippen molar-refractivity contribution in [3.8, 4) is 0 Å². The summed E-state index contributed by atoms with van der Waals surface area (Å²) in [6.07, 6.45) is 0. The van der Waals surface area contributed by atoms with Gasteiger partial charge in [0.25, 0.3) is 0 Å². The maximum absolute atomic E-state index is 8.89. The van der Waals surface area contributed by atoms with Gasteiger partial charge in [0.1, 0.15) is 0 Å². The molecule has 1 aromatic rings. The van der Waals surface area contributed by atoms with E-state index in [2.05, 4.69) is 19.1 Å². The van der Waals surface area contributed by atoms with Gasteiger partial charge in [-0.05, 0) is 13.8 Å².